The van der Waals surface area contributed by atoms with Crippen molar-refractivity contribution in [3.05, 3.63) is 11.6 Å². The highest BCUT2D eigenvalue weighted by atomic mass is 35.5. The maximum Gasteiger partial charge on any atom is 0.340 e. The molecule has 3 heterocycles. The lowest BCUT2D eigenvalue weighted by atomic mass is 9.43. The largest absolute Gasteiger partial charge is 0.387 e. The summed E-state index contributed by atoms with van der Waals surface area (Å²) in [5.74, 6) is -0.819. The van der Waals surface area contributed by atoms with Gasteiger partial charge in [-0.1, -0.05) is 13.8 Å². The van der Waals surface area contributed by atoms with Crippen LogP contribution < -0.4 is 10.6 Å². The van der Waals surface area contributed by atoms with E-state index in [-0.39, 0.29) is 38.6 Å². The van der Waals surface area contributed by atoms with Crippen LogP contribution >= 0.6 is 26.8 Å². The third-order valence-electron chi connectivity index (χ3n) is 9.05. The van der Waals surface area contributed by atoms with Gasteiger partial charge < -0.3 is 39.5 Å². The number of nitrogens with zero attached hydrogens (tertiary/aromatic N) is 4. The number of aliphatic hydroxyl groups is 2. The highest BCUT2D eigenvalue weighted by Crippen LogP contribution is 2.66. The van der Waals surface area contributed by atoms with Gasteiger partial charge >= 0.3 is 21.2 Å². The van der Waals surface area contributed by atoms with E-state index in [0.717, 1.165) is 25.7 Å². The molecule has 4 bridgehead atoms. The predicted molar refractivity (Wildman–Crippen MR) is 151 cm³/mol. The van der Waals surface area contributed by atoms with Crippen LogP contribution in [0.15, 0.2) is 6.33 Å². The second kappa shape index (κ2) is 10.4. The second-order valence-corrected chi connectivity index (χ2v) is 17.8. The van der Waals surface area contributed by atoms with Gasteiger partial charge in [0.15, 0.2) is 29.1 Å². The van der Waals surface area contributed by atoms with E-state index in [1.54, 1.807) is 0 Å². The van der Waals surface area contributed by atoms with Crippen molar-refractivity contribution in [1.82, 2.24) is 24.8 Å². The molecule has 7 rings (SSSR count). The van der Waals surface area contributed by atoms with Crippen LogP contribution in [0.2, 0.25) is 5.28 Å². The fourth-order valence-electron chi connectivity index (χ4n) is 8.69. The van der Waals surface area contributed by atoms with Crippen LogP contribution in [0.25, 0.3) is 11.2 Å². The van der Waals surface area contributed by atoms with Gasteiger partial charge in [-0.25, -0.2) is 9.78 Å². The summed E-state index contributed by atoms with van der Waals surface area (Å²) >= 11 is 6.20. The van der Waals surface area contributed by atoms with E-state index in [2.05, 4.69) is 39.4 Å². The number of nitrogens with one attached hydrogen (secondary N) is 2. The molecule has 5 fully saturated rings. The molecule has 2 aromatic rings. The van der Waals surface area contributed by atoms with Crippen molar-refractivity contribution in [3.63, 3.8) is 0 Å². The Morgan fingerprint density at radius 2 is 1.79 bits per heavy atom. The number of carbonyl (C=O) groups excluding carboxylic acids is 1. The van der Waals surface area contributed by atoms with Crippen LogP contribution in [0.1, 0.15) is 58.6 Å². The van der Waals surface area contributed by atoms with Gasteiger partial charge in [-0.3, -0.25) is 19.0 Å². The van der Waals surface area contributed by atoms with Crippen molar-refractivity contribution < 1.29 is 48.1 Å². The highest BCUT2D eigenvalue weighted by Gasteiger charge is 2.60. The molecule has 1 aliphatic heterocycles. The minimum atomic E-state index is -4.86. The van der Waals surface area contributed by atoms with Crippen LogP contribution in [0.3, 0.4) is 0 Å². The van der Waals surface area contributed by atoms with Gasteiger partial charge in [0.05, 0.1) is 12.9 Å². The van der Waals surface area contributed by atoms with Crippen LogP contribution in [-0.2, 0) is 18.4 Å². The second-order valence-electron chi connectivity index (χ2n) is 13.4. The minimum Gasteiger partial charge on any atom is -0.387 e. The van der Waals surface area contributed by atoms with Crippen molar-refractivity contribution in [2.45, 2.75) is 82.5 Å². The molecule has 7 N–H and O–H groups in total. The van der Waals surface area contributed by atoms with E-state index in [0.29, 0.717) is 5.92 Å². The van der Waals surface area contributed by atoms with Crippen LogP contribution in [0.4, 0.5) is 10.6 Å². The zero-order valence-corrected chi connectivity index (χ0v) is 26.0. The minimum absolute atomic E-state index is 0.0278. The van der Waals surface area contributed by atoms with E-state index in [1.165, 1.54) is 23.7 Å². The molecule has 4 saturated carbocycles. The molecule has 2 aromatic heterocycles. The molecule has 238 valence electrons. The number of ether oxygens (including phenoxy) is 1. The summed E-state index contributed by atoms with van der Waals surface area (Å²) in [7, 11) is -9.59. The Balaban J connectivity index is 1.18. The van der Waals surface area contributed by atoms with Gasteiger partial charge in [0.1, 0.15) is 18.3 Å². The lowest BCUT2D eigenvalue weighted by Gasteiger charge is -2.65. The van der Waals surface area contributed by atoms with E-state index in [4.69, 9.17) is 30.6 Å². The van der Waals surface area contributed by atoms with Crippen molar-refractivity contribution in [3.8, 4) is 0 Å². The number of rotatable bonds is 8. The molecular formula is C24H35ClN6O10P2. The number of aliphatic hydroxyl groups excluding tert-OH is 2. The molecule has 0 radical (unpaired) electrons. The first-order valence-corrected chi connectivity index (χ1v) is 17.8. The molecule has 2 amide bonds. The Hall–Kier alpha value is -1.71. The Morgan fingerprint density at radius 3 is 2.42 bits per heavy atom. The van der Waals surface area contributed by atoms with Gasteiger partial charge in [-0.15, -0.1) is 0 Å². The Morgan fingerprint density at radius 1 is 1.12 bits per heavy atom. The predicted octanol–water partition coefficient (Wildman–Crippen LogP) is 2.31. The molecule has 0 spiro atoms. The third kappa shape index (κ3) is 6.24. The van der Waals surface area contributed by atoms with Gasteiger partial charge in [0, 0.05) is 5.54 Å². The number of carbonyl (C=O) groups is 1. The normalized spacial score (nSPS) is 38.4. The standard InChI is InChI=1S/C24H35ClN6O10P2/c1-22-3-12-4-23(2,7-22)9-24(5-12,8-22)30-21(34)28-17-14-18(29-20(25)27-17)31(10-26-14)19-16(33)15(32)13(41-19)6-40-43(38,39)11-42(35,36)37/h10,12-13,15-16,19,32-33H,3-9,11H2,1-2H3,(H,38,39)(H2,35,36,37)(H2,27,28,29,30,34)/t12-,13?,15?,16?,19?,22+,23-,24-. The summed E-state index contributed by atoms with van der Waals surface area (Å²) in [5.41, 5.74) is 0.262. The average molecular weight is 665 g/mol. The molecule has 43 heavy (non-hydrogen) atoms. The lowest BCUT2D eigenvalue weighted by molar-refractivity contribution is -0.113. The number of hydrogen-bond donors (Lipinski definition) is 7. The SMILES string of the molecule is C[C@]12C[C@@H]3C[C@](C)(C1)C[C@@](NC(=O)Nc1nc(Cl)nc4c1ncn4C1OC(COP(=O)(O)CP(=O)(O)O)C(O)C1O)(C3)C2. The van der Waals surface area contributed by atoms with Crippen molar-refractivity contribution in [1.29, 1.82) is 0 Å². The van der Waals surface area contributed by atoms with E-state index < -0.39 is 58.3 Å². The fourth-order valence-corrected chi connectivity index (χ4v) is 11.4. The number of fused-ring (bicyclic) bond motifs is 1. The Bertz CT molecular complexity index is 1540. The molecule has 1 saturated heterocycles. The van der Waals surface area contributed by atoms with Gasteiger partial charge in [0.25, 0.3) is 0 Å². The van der Waals surface area contributed by atoms with Crippen LogP contribution in [-0.4, -0.2) is 86.8 Å². The summed E-state index contributed by atoms with van der Waals surface area (Å²) in [6.45, 7) is 3.86. The number of amides is 2. The van der Waals surface area contributed by atoms with Crippen molar-refractivity contribution >= 4 is 49.8 Å². The first-order valence-electron chi connectivity index (χ1n) is 13.9. The molecule has 9 atom stereocenters. The number of halogens is 1. The topological polar surface area (TPSA) is 238 Å². The fraction of sp³-hybridized carbons (Fsp3) is 0.750. The van der Waals surface area contributed by atoms with Crippen molar-refractivity contribution in [2.75, 3.05) is 17.8 Å². The number of aromatic nitrogens is 4. The van der Waals surface area contributed by atoms with E-state index in [9.17, 15) is 29.0 Å². The smallest absolute Gasteiger partial charge is 0.340 e. The average Bonchev–Trinajstić information content (AvgIpc) is 3.34. The summed E-state index contributed by atoms with van der Waals surface area (Å²) in [5, 5.41) is 27.0. The number of anilines is 1. The van der Waals surface area contributed by atoms with E-state index in [1.807, 2.05) is 0 Å². The Labute approximate surface area is 251 Å². The van der Waals surface area contributed by atoms with Crippen LogP contribution in [0, 0.1) is 16.7 Å². The molecular weight excluding hydrogens is 630 g/mol. The van der Waals surface area contributed by atoms with Crippen molar-refractivity contribution in [2.24, 2.45) is 16.7 Å². The molecule has 0 aromatic carbocycles. The first-order chi connectivity index (χ1) is 19.9. The highest BCUT2D eigenvalue weighted by molar-refractivity contribution is 7.70. The number of hydrogen-bond acceptors (Lipinski definition) is 10. The van der Waals surface area contributed by atoms with Gasteiger partial charge in [-0.2, -0.15) is 9.97 Å². The zero-order valence-electron chi connectivity index (χ0n) is 23.5. The molecule has 4 aliphatic carbocycles. The number of urea groups is 1. The third-order valence-corrected chi connectivity index (χ3v) is 12.7. The maximum atomic E-state index is 13.3. The first kappa shape index (κ1) is 31.3. The van der Waals surface area contributed by atoms with Gasteiger partial charge in [-0.05, 0) is 66.9 Å². The van der Waals surface area contributed by atoms with E-state index >= 15 is 0 Å². The summed E-state index contributed by atoms with van der Waals surface area (Å²) in [4.78, 5) is 53.6. The molecule has 5 unspecified atom stereocenters. The summed E-state index contributed by atoms with van der Waals surface area (Å²) < 4.78 is 34.8. The van der Waals surface area contributed by atoms with Gasteiger partial charge in [0.2, 0.25) is 5.28 Å². The molecule has 16 nitrogen and oxygen atoms in total. The summed E-state index contributed by atoms with van der Waals surface area (Å²) in [6.07, 6.45) is 1.64. The molecule has 19 heteroatoms. The Kier molecular flexibility index (Phi) is 7.57. The number of imidazole rings is 1. The zero-order chi connectivity index (χ0) is 31.2. The lowest BCUT2D eigenvalue weighted by Crippen LogP contribution is -2.65. The monoisotopic (exact) mass is 664 g/mol. The maximum absolute atomic E-state index is 13.3. The quantitative estimate of drug-likeness (QED) is 0.159. The van der Waals surface area contributed by atoms with Crippen LogP contribution in [0.5, 0.6) is 0 Å². The molecule has 5 aliphatic rings. The summed E-state index contributed by atoms with van der Waals surface area (Å²) in [6, 6.07) is -0.451.